The van der Waals surface area contributed by atoms with Crippen molar-refractivity contribution in [3.63, 3.8) is 0 Å². The van der Waals surface area contributed by atoms with Crippen molar-refractivity contribution < 1.29 is 9.59 Å². The number of benzene rings is 2. The van der Waals surface area contributed by atoms with Crippen LogP contribution in [0.2, 0.25) is 0 Å². The number of carbonyl (C=O) groups is 2. The summed E-state index contributed by atoms with van der Waals surface area (Å²) in [5, 5.41) is 8.73. The molecule has 1 atom stereocenters. The van der Waals surface area contributed by atoms with E-state index in [-0.39, 0.29) is 24.4 Å². The maximum atomic E-state index is 12.1. The Balaban J connectivity index is 1.88. The molecule has 0 aliphatic heterocycles. The van der Waals surface area contributed by atoms with Crippen LogP contribution in [0.1, 0.15) is 35.8 Å². The SMILES string of the molecule is CCNC(=O)c1cccc(NC(=O)CN[C@@H](C)c2ccccc2)c1. The van der Waals surface area contributed by atoms with Gasteiger partial charge in [-0.3, -0.25) is 9.59 Å². The van der Waals surface area contributed by atoms with Gasteiger partial charge in [-0.25, -0.2) is 0 Å². The first-order valence-electron chi connectivity index (χ1n) is 8.06. The van der Waals surface area contributed by atoms with Gasteiger partial charge in [0.05, 0.1) is 6.54 Å². The van der Waals surface area contributed by atoms with Crippen LogP contribution >= 0.6 is 0 Å². The van der Waals surface area contributed by atoms with Crippen molar-refractivity contribution >= 4 is 17.5 Å². The Morgan fingerprint density at radius 3 is 2.50 bits per heavy atom. The highest BCUT2D eigenvalue weighted by atomic mass is 16.2. The summed E-state index contributed by atoms with van der Waals surface area (Å²) in [5.74, 6) is -0.296. The van der Waals surface area contributed by atoms with Crippen LogP contribution in [0.15, 0.2) is 54.6 Å². The second-order valence-electron chi connectivity index (χ2n) is 5.50. The average molecular weight is 325 g/mol. The quantitative estimate of drug-likeness (QED) is 0.733. The third-order valence-electron chi connectivity index (χ3n) is 3.61. The van der Waals surface area contributed by atoms with Crippen molar-refractivity contribution in [2.24, 2.45) is 0 Å². The highest BCUT2D eigenvalue weighted by Crippen LogP contribution is 2.12. The number of nitrogens with one attached hydrogen (secondary N) is 3. The number of carbonyl (C=O) groups excluding carboxylic acids is 2. The molecule has 2 amide bonds. The molecule has 5 heteroatoms. The maximum Gasteiger partial charge on any atom is 0.251 e. The Kier molecular flexibility index (Phi) is 6.51. The fourth-order valence-electron chi connectivity index (χ4n) is 2.31. The molecule has 0 saturated heterocycles. The predicted octanol–water partition coefficient (Wildman–Crippen LogP) is 2.73. The molecule has 2 aromatic carbocycles. The summed E-state index contributed by atoms with van der Waals surface area (Å²) in [6, 6.07) is 16.9. The third-order valence-corrected chi connectivity index (χ3v) is 3.61. The summed E-state index contributed by atoms with van der Waals surface area (Å²) in [6.07, 6.45) is 0. The van der Waals surface area contributed by atoms with Gasteiger partial charge < -0.3 is 16.0 Å². The lowest BCUT2D eigenvalue weighted by Crippen LogP contribution is -2.30. The molecule has 0 spiro atoms. The molecule has 5 nitrogen and oxygen atoms in total. The summed E-state index contributed by atoms with van der Waals surface area (Å²) in [5.41, 5.74) is 2.27. The number of rotatable bonds is 7. The van der Waals surface area contributed by atoms with Gasteiger partial charge in [0.2, 0.25) is 5.91 Å². The molecule has 0 fully saturated rings. The van der Waals surface area contributed by atoms with Gasteiger partial charge in [0.25, 0.3) is 5.91 Å². The Hall–Kier alpha value is -2.66. The zero-order chi connectivity index (χ0) is 17.4. The van der Waals surface area contributed by atoms with Gasteiger partial charge in [0, 0.05) is 23.8 Å². The molecular weight excluding hydrogens is 302 g/mol. The summed E-state index contributed by atoms with van der Waals surface area (Å²) in [7, 11) is 0. The van der Waals surface area contributed by atoms with Crippen molar-refractivity contribution in [2.45, 2.75) is 19.9 Å². The molecule has 24 heavy (non-hydrogen) atoms. The summed E-state index contributed by atoms with van der Waals surface area (Å²) in [6.45, 7) is 4.64. The monoisotopic (exact) mass is 325 g/mol. The van der Waals surface area contributed by atoms with E-state index in [9.17, 15) is 9.59 Å². The van der Waals surface area contributed by atoms with Crippen molar-refractivity contribution in [2.75, 3.05) is 18.4 Å². The molecule has 3 N–H and O–H groups in total. The van der Waals surface area contributed by atoms with E-state index in [4.69, 9.17) is 0 Å². The molecule has 0 aromatic heterocycles. The molecule has 0 saturated carbocycles. The lowest BCUT2D eigenvalue weighted by molar-refractivity contribution is -0.115. The first kappa shape index (κ1) is 17.7. The standard InChI is InChI=1S/C19H23N3O2/c1-3-20-19(24)16-10-7-11-17(12-16)22-18(23)13-21-14(2)15-8-5-4-6-9-15/h4-12,14,21H,3,13H2,1-2H3,(H,20,24)(H,22,23)/t14-/m0/s1. The van der Waals surface area contributed by atoms with Gasteiger partial charge in [0.15, 0.2) is 0 Å². The second kappa shape index (κ2) is 8.84. The van der Waals surface area contributed by atoms with E-state index in [2.05, 4.69) is 16.0 Å². The van der Waals surface area contributed by atoms with Crippen LogP contribution in [-0.2, 0) is 4.79 Å². The van der Waals surface area contributed by atoms with Crippen LogP contribution in [0.5, 0.6) is 0 Å². The summed E-state index contributed by atoms with van der Waals surface area (Å²) >= 11 is 0. The van der Waals surface area contributed by atoms with Crippen molar-refractivity contribution in [3.05, 3.63) is 65.7 Å². The minimum atomic E-state index is -0.149. The Morgan fingerprint density at radius 2 is 1.79 bits per heavy atom. The van der Waals surface area contributed by atoms with Crippen molar-refractivity contribution in [1.29, 1.82) is 0 Å². The molecule has 0 radical (unpaired) electrons. The Labute approximate surface area is 142 Å². The summed E-state index contributed by atoms with van der Waals surface area (Å²) in [4.78, 5) is 23.9. The van der Waals surface area contributed by atoms with E-state index in [1.165, 1.54) is 0 Å². The fourth-order valence-corrected chi connectivity index (χ4v) is 2.31. The molecule has 0 aliphatic carbocycles. The number of amides is 2. The van der Waals surface area contributed by atoms with E-state index in [1.807, 2.05) is 44.2 Å². The van der Waals surface area contributed by atoms with Crippen LogP contribution in [0.25, 0.3) is 0 Å². The third kappa shape index (κ3) is 5.21. The molecule has 0 bridgehead atoms. The zero-order valence-electron chi connectivity index (χ0n) is 14.0. The van der Waals surface area contributed by atoms with E-state index >= 15 is 0 Å². The average Bonchev–Trinajstić information content (AvgIpc) is 2.61. The molecule has 2 rings (SSSR count). The van der Waals surface area contributed by atoms with Crippen molar-refractivity contribution in [1.82, 2.24) is 10.6 Å². The van der Waals surface area contributed by atoms with E-state index in [1.54, 1.807) is 24.3 Å². The Morgan fingerprint density at radius 1 is 1.04 bits per heavy atom. The van der Waals surface area contributed by atoms with Crippen LogP contribution < -0.4 is 16.0 Å². The van der Waals surface area contributed by atoms with E-state index in [0.717, 1.165) is 5.56 Å². The van der Waals surface area contributed by atoms with Gasteiger partial charge in [0.1, 0.15) is 0 Å². The van der Waals surface area contributed by atoms with Crippen LogP contribution in [0, 0.1) is 0 Å². The van der Waals surface area contributed by atoms with Gasteiger partial charge >= 0.3 is 0 Å². The number of hydrogen-bond donors (Lipinski definition) is 3. The molecule has 0 aliphatic rings. The van der Waals surface area contributed by atoms with Gasteiger partial charge in [-0.2, -0.15) is 0 Å². The van der Waals surface area contributed by atoms with Gasteiger partial charge in [-0.1, -0.05) is 36.4 Å². The molecular formula is C19H23N3O2. The first-order valence-corrected chi connectivity index (χ1v) is 8.06. The lowest BCUT2D eigenvalue weighted by Gasteiger charge is -2.14. The number of anilines is 1. The minimum Gasteiger partial charge on any atom is -0.352 e. The number of hydrogen-bond acceptors (Lipinski definition) is 3. The lowest BCUT2D eigenvalue weighted by atomic mass is 10.1. The van der Waals surface area contributed by atoms with E-state index < -0.39 is 0 Å². The Bertz CT molecular complexity index is 686. The fraction of sp³-hybridized carbons (Fsp3) is 0.263. The zero-order valence-corrected chi connectivity index (χ0v) is 14.0. The van der Waals surface area contributed by atoms with Crippen molar-refractivity contribution in [3.8, 4) is 0 Å². The van der Waals surface area contributed by atoms with Crippen LogP contribution in [0.4, 0.5) is 5.69 Å². The first-order chi connectivity index (χ1) is 11.6. The largest absolute Gasteiger partial charge is 0.352 e. The smallest absolute Gasteiger partial charge is 0.251 e. The highest BCUT2D eigenvalue weighted by molar-refractivity contribution is 5.97. The molecule has 0 unspecified atom stereocenters. The second-order valence-corrected chi connectivity index (χ2v) is 5.50. The topological polar surface area (TPSA) is 70.2 Å². The van der Waals surface area contributed by atoms with Gasteiger partial charge in [-0.15, -0.1) is 0 Å². The van der Waals surface area contributed by atoms with Gasteiger partial charge in [-0.05, 0) is 37.6 Å². The van der Waals surface area contributed by atoms with Crippen LogP contribution in [-0.4, -0.2) is 24.9 Å². The normalized spacial score (nSPS) is 11.6. The summed E-state index contributed by atoms with van der Waals surface area (Å²) < 4.78 is 0. The molecule has 0 heterocycles. The maximum absolute atomic E-state index is 12.1. The van der Waals surface area contributed by atoms with Crippen LogP contribution in [0.3, 0.4) is 0 Å². The minimum absolute atomic E-state index is 0.0821. The molecule has 126 valence electrons. The predicted molar refractivity (Wildman–Crippen MR) is 95.9 cm³/mol. The highest BCUT2D eigenvalue weighted by Gasteiger charge is 2.09. The van der Waals surface area contributed by atoms with E-state index in [0.29, 0.717) is 17.8 Å². The molecule has 2 aromatic rings.